The van der Waals surface area contributed by atoms with Gasteiger partial charge in [-0.3, -0.25) is 4.79 Å². The Morgan fingerprint density at radius 3 is 2.38 bits per heavy atom. The molecule has 0 aliphatic heterocycles. The van der Waals surface area contributed by atoms with E-state index >= 15 is 0 Å². The minimum atomic E-state index is -3.09. The van der Waals surface area contributed by atoms with E-state index in [1.165, 1.54) is 43.5 Å². The number of pyridine rings is 1. The Balaban J connectivity index is 1.70. The van der Waals surface area contributed by atoms with Crippen molar-refractivity contribution >= 4 is 52.4 Å². The predicted octanol–water partition coefficient (Wildman–Crippen LogP) is 6.34. The number of methoxy groups -OCH3 is 1. The van der Waals surface area contributed by atoms with Crippen LogP contribution < -0.4 is 24.3 Å². The van der Waals surface area contributed by atoms with Crippen LogP contribution in [0.1, 0.15) is 40.4 Å². The van der Waals surface area contributed by atoms with E-state index < -0.39 is 24.6 Å². The fraction of sp³-hybridized carbons (Fsp3) is 0.321. The van der Waals surface area contributed by atoms with Crippen LogP contribution in [0.15, 0.2) is 48.8 Å². The fourth-order valence-corrected chi connectivity index (χ4v) is 4.64. The van der Waals surface area contributed by atoms with Gasteiger partial charge in [0, 0.05) is 12.0 Å². The van der Waals surface area contributed by atoms with Gasteiger partial charge in [0.15, 0.2) is 23.9 Å². The van der Waals surface area contributed by atoms with Crippen LogP contribution in [0.3, 0.4) is 0 Å². The Bertz CT molecular complexity index is 1430. The SMILES string of the molecule is COc1ccc(C(=O)OC(Cc2c(Cl)c[n+]([O-])cc2Cl)c2ccc(OC(F)F)c(OCC3CC3)c2)cc1NC(=O)CCl. The molecule has 1 amide bonds. The first-order chi connectivity index (χ1) is 20.1. The van der Waals surface area contributed by atoms with Gasteiger partial charge >= 0.3 is 12.6 Å². The first kappa shape index (κ1) is 31.4. The molecule has 1 atom stereocenters. The number of alkyl halides is 3. The fourth-order valence-electron chi connectivity index (χ4n) is 3.98. The number of hydrogen-bond acceptors (Lipinski definition) is 7. The first-order valence-corrected chi connectivity index (χ1v) is 13.9. The Morgan fingerprint density at radius 2 is 1.76 bits per heavy atom. The number of anilines is 1. The first-order valence-electron chi connectivity index (χ1n) is 12.6. The highest BCUT2D eigenvalue weighted by molar-refractivity contribution is 6.35. The van der Waals surface area contributed by atoms with Crippen LogP contribution >= 0.6 is 34.8 Å². The summed E-state index contributed by atoms with van der Waals surface area (Å²) in [5, 5.41) is 14.4. The number of benzene rings is 2. The largest absolute Gasteiger partial charge is 0.619 e. The molecule has 0 bridgehead atoms. The summed E-state index contributed by atoms with van der Waals surface area (Å²) >= 11 is 18.2. The Hall–Kier alpha value is -3.54. The van der Waals surface area contributed by atoms with Crippen molar-refractivity contribution in [3.63, 3.8) is 0 Å². The summed E-state index contributed by atoms with van der Waals surface area (Å²) < 4.78 is 48.1. The van der Waals surface area contributed by atoms with E-state index in [1.807, 2.05) is 0 Å². The second-order valence-electron chi connectivity index (χ2n) is 9.33. The van der Waals surface area contributed by atoms with Gasteiger partial charge in [-0.2, -0.15) is 13.5 Å². The van der Waals surface area contributed by atoms with E-state index in [2.05, 4.69) is 10.1 Å². The maximum atomic E-state index is 13.4. The summed E-state index contributed by atoms with van der Waals surface area (Å²) in [6.07, 6.45) is 2.95. The number of carbonyl (C=O) groups excluding carboxylic acids is 2. The van der Waals surface area contributed by atoms with Crippen molar-refractivity contribution in [2.45, 2.75) is 32.0 Å². The molecule has 1 saturated carbocycles. The van der Waals surface area contributed by atoms with Gasteiger partial charge in [-0.05, 0) is 54.7 Å². The number of rotatable bonds is 13. The lowest BCUT2D eigenvalue weighted by Crippen LogP contribution is -2.25. The number of nitrogens with one attached hydrogen (secondary N) is 1. The van der Waals surface area contributed by atoms with E-state index in [4.69, 9.17) is 49.0 Å². The lowest BCUT2D eigenvalue weighted by molar-refractivity contribution is -0.605. The smallest absolute Gasteiger partial charge is 0.387 e. The minimum absolute atomic E-state index is 0.0249. The van der Waals surface area contributed by atoms with Crippen molar-refractivity contribution in [3.05, 3.63) is 80.7 Å². The molecule has 3 aromatic rings. The number of halogens is 5. The van der Waals surface area contributed by atoms with Crippen LogP contribution in [-0.2, 0) is 16.0 Å². The molecule has 2 aromatic carbocycles. The van der Waals surface area contributed by atoms with E-state index in [0.717, 1.165) is 25.2 Å². The van der Waals surface area contributed by atoms with Gasteiger partial charge in [0.2, 0.25) is 5.91 Å². The third-order valence-electron chi connectivity index (χ3n) is 6.25. The number of nitrogens with zero attached hydrogens (tertiary/aromatic N) is 1. The Labute approximate surface area is 254 Å². The van der Waals surface area contributed by atoms with E-state index in [0.29, 0.717) is 28.4 Å². The molecular weight excluding hydrogens is 621 g/mol. The summed E-state index contributed by atoms with van der Waals surface area (Å²) in [6, 6.07) is 8.43. The monoisotopic (exact) mass is 644 g/mol. The molecule has 1 heterocycles. The molecule has 1 aliphatic rings. The van der Waals surface area contributed by atoms with Crippen LogP contribution in [0.2, 0.25) is 10.0 Å². The molecule has 0 radical (unpaired) electrons. The van der Waals surface area contributed by atoms with Crippen LogP contribution in [0, 0.1) is 11.1 Å². The zero-order valence-corrected chi connectivity index (χ0v) is 24.3. The van der Waals surface area contributed by atoms with E-state index in [1.54, 1.807) is 0 Å². The third-order valence-corrected chi connectivity index (χ3v) is 7.15. The summed E-state index contributed by atoms with van der Waals surface area (Å²) in [5.41, 5.74) is 0.899. The zero-order chi connectivity index (χ0) is 30.4. The van der Waals surface area contributed by atoms with Gasteiger partial charge in [-0.25, -0.2) is 4.79 Å². The second-order valence-corrected chi connectivity index (χ2v) is 10.4. The van der Waals surface area contributed by atoms with Crippen LogP contribution in [0.25, 0.3) is 0 Å². The maximum Gasteiger partial charge on any atom is 0.387 e. The molecule has 1 N–H and O–H groups in total. The molecular formula is C28H25Cl3F2N2O7. The van der Waals surface area contributed by atoms with Crippen LogP contribution in [0.4, 0.5) is 14.5 Å². The molecule has 9 nitrogen and oxygen atoms in total. The van der Waals surface area contributed by atoms with Crippen molar-refractivity contribution in [3.8, 4) is 17.2 Å². The average molecular weight is 646 g/mol. The topological polar surface area (TPSA) is 110 Å². The number of amides is 1. The molecule has 1 aromatic heterocycles. The van der Waals surface area contributed by atoms with Gasteiger partial charge in [-0.1, -0.05) is 29.3 Å². The molecule has 42 heavy (non-hydrogen) atoms. The molecule has 1 fully saturated rings. The summed E-state index contributed by atoms with van der Waals surface area (Å²) in [5.74, 6) is -1.20. The average Bonchev–Trinajstić information content (AvgIpc) is 3.78. The summed E-state index contributed by atoms with van der Waals surface area (Å²) in [6.45, 7) is -2.78. The number of aromatic nitrogens is 1. The Morgan fingerprint density at radius 1 is 1.07 bits per heavy atom. The lowest BCUT2D eigenvalue weighted by atomic mass is 10.0. The standard InChI is InChI=1S/C28H25Cl3F2N2O7/c1-39-22-6-5-17(8-21(22)34-26(36)11-29)27(37)41-24(10-18-19(30)12-35(38)13-20(18)31)16-4-7-23(42-28(32)33)25(9-16)40-14-15-2-3-15/h4-9,12-13,15,24,28H,2-3,10-11,14H2,1H3,(H,34,36). The third kappa shape index (κ3) is 8.27. The highest BCUT2D eigenvalue weighted by Crippen LogP contribution is 2.38. The number of esters is 1. The molecule has 224 valence electrons. The maximum absolute atomic E-state index is 13.4. The van der Waals surface area contributed by atoms with E-state index in [-0.39, 0.29) is 50.8 Å². The lowest BCUT2D eigenvalue weighted by Gasteiger charge is -2.22. The predicted molar refractivity (Wildman–Crippen MR) is 151 cm³/mol. The van der Waals surface area contributed by atoms with Gasteiger partial charge in [0.05, 0.1) is 25.0 Å². The van der Waals surface area contributed by atoms with E-state index in [9.17, 15) is 23.6 Å². The van der Waals surface area contributed by atoms with Crippen LogP contribution in [0.5, 0.6) is 17.2 Å². The van der Waals surface area contributed by atoms with Gasteiger partial charge in [0.25, 0.3) is 0 Å². The zero-order valence-electron chi connectivity index (χ0n) is 22.1. The molecule has 0 spiro atoms. The van der Waals surface area contributed by atoms with Crippen LogP contribution in [-0.4, -0.2) is 38.1 Å². The van der Waals surface area contributed by atoms with Crippen molar-refractivity contribution < 1.29 is 42.0 Å². The van der Waals surface area contributed by atoms with Gasteiger partial charge in [0.1, 0.15) is 27.8 Å². The molecule has 1 aliphatic carbocycles. The minimum Gasteiger partial charge on any atom is -0.619 e. The van der Waals surface area contributed by atoms with Crippen molar-refractivity contribution in [1.29, 1.82) is 0 Å². The normalized spacial score (nSPS) is 13.4. The molecule has 14 heteroatoms. The number of ether oxygens (including phenoxy) is 4. The quantitative estimate of drug-likeness (QED) is 0.0999. The van der Waals surface area contributed by atoms with Crippen molar-refractivity contribution in [1.82, 2.24) is 0 Å². The highest BCUT2D eigenvalue weighted by Gasteiger charge is 2.27. The highest BCUT2D eigenvalue weighted by atomic mass is 35.5. The number of hydrogen-bond donors (Lipinski definition) is 1. The molecule has 4 rings (SSSR count). The molecule has 1 unspecified atom stereocenters. The number of carbonyl (C=O) groups is 2. The second kappa shape index (κ2) is 14.1. The van der Waals surface area contributed by atoms with Crippen molar-refractivity contribution in [2.75, 3.05) is 24.9 Å². The van der Waals surface area contributed by atoms with Gasteiger partial charge in [-0.15, -0.1) is 11.6 Å². The summed E-state index contributed by atoms with van der Waals surface area (Å²) in [7, 11) is 1.39. The van der Waals surface area contributed by atoms with Crippen molar-refractivity contribution in [2.24, 2.45) is 5.92 Å². The van der Waals surface area contributed by atoms with Gasteiger partial charge < -0.3 is 29.5 Å². The summed E-state index contributed by atoms with van der Waals surface area (Å²) in [4.78, 5) is 25.3. The molecule has 0 saturated heterocycles. The Kier molecular flexibility index (Phi) is 10.5.